The Bertz CT molecular complexity index is 460. The summed E-state index contributed by atoms with van der Waals surface area (Å²) in [5.74, 6) is 0.487. The molecule has 0 radical (unpaired) electrons. The first-order valence-electron chi connectivity index (χ1n) is 4.82. The summed E-state index contributed by atoms with van der Waals surface area (Å²) in [4.78, 5) is 12.3. The van der Waals surface area contributed by atoms with Gasteiger partial charge in [-0.1, -0.05) is 23.4 Å². The van der Waals surface area contributed by atoms with Crippen LogP contribution in [0.2, 0.25) is 5.02 Å². The predicted octanol–water partition coefficient (Wildman–Crippen LogP) is 2.92. The van der Waals surface area contributed by atoms with Gasteiger partial charge in [-0.3, -0.25) is 4.79 Å². The first-order chi connectivity index (χ1) is 7.44. The van der Waals surface area contributed by atoms with Crippen molar-refractivity contribution >= 4 is 29.3 Å². The highest BCUT2D eigenvalue weighted by molar-refractivity contribution is 8.00. The van der Waals surface area contributed by atoms with Crippen LogP contribution in [0.25, 0.3) is 0 Å². The maximum atomic E-state index is 11.9. The molecule has 2 rings (SSSR count). The van der Waals surface area contributed by atoms with Crippen molar-refractivity contribution in [3.05, 3.63) is 22.7 Å². The number of thioether (sulfide) groups is 1. The number of hydrogen-bond donors (Lipinski definition) is 1. The lowest BCUT2D eigenvalue weighted by molar-refractivity contribution is 0.0929. The van der Waals surface area contributed by atoms with Crippen LogP contribution in [0.15, 0.2) is 17.0 Å². The van der Waals surface area contributed by atoms with E-state index < -0.39 is 0 Å². The first kappa shape index (κ1) is 11.6. The SMILES string of the molecule is COc1c(Cl)ccc2c1SC(C)(C)NC2=O. The quantitative estimate of drug-likeness (QED) is 0.841. The number of carbonyl (C=O) groups excluding carboxylic acids is 1. The summed E-state index contributed by atoms with van der Waals surface area (Å²) in [7, 11) is 1.56. The lowest BCUT2D eigenvalue weighted by atomic mass is 10.1. The molecule has 16 heavy (non-hydrogen) atoms. The highest BCUT2D eigenvalue weighted by Gasteiger charge is 2.33. The summed E-state index contributed by atoms with van der Waals surface area (Å²) < 4.78 is 5.25. The minimum atomic E-state index is -0.345. The Kier molecular flexibility index (Phi) is 2.80. The Labute approximate surface area is 104 Å². The van der Waals surface area contributed by atoms with E-state index in [4.69, 9.17) is 16.3 Å². The Hall–Kier alpha value is -0.870. The van der Waals surface area contributed by atoms with Crippen LogP contribution in [0, 0.1) is 0 Å². The molecule has 1 heterocycles. The zero-order chi connectivity index (χ0) is 11.9. The highest BCUT2D eigenvalue weighted by atomic mass is 35.5. The largest absolute Gasteiger partial charge is 0.494 e. The Morgan fingerprint density at radius 2 is 2.12 bits per heavy atom. The van der Waals surface area contributed by atoms with Gasteiger partial charge in [0, 0.05) is 0 Å². The van der Waals surface area contributed by atoms with Crippen molar-refractivity contribution in [2.45, 2.75) is 23.6 Å². The third kappa shape index (κ3) is 1.87. The third-order valence-corrected chi connectivity index (χ3v) is 3.80. The summed E-state index contributed by atoms with van der Waals surface area (Å²) >= 11 is 7.57. The molecule has 3 nitrogen and oxygen atoms in total. The number of hydrogen-bond acceptors (Lipinski definition) is 3. The number of amides is 1. The molecule has 0 unspecified atom stereocenters. The van der Waals surface area contributed by atoms with Crippen LogP contribution < -0.4 is 10.1 Å². The van der Waals surface area contributed by atoms with Gasteiger partial charge in [-0.25, -0.2) is 0 Å². The summed E-state index contributed by atoms with van der Waals surface area (Å²) in [6.45, 7) is 3.89. The molecule has 0 saturated carbocycles. The van der Waals surface area contributed by atoms with E-state index in [9.17, 15) is 4.79 Å². The van der Waals surface area contributed by atoms with Crippen molar-refractivity contribution in [2.24, 2.45) is 0 Å². The molecule has 1 aliphatic rings. The summed E-state index contributed by atoms with van der Waals surface area (Å²) in [5.41, 5.74) is 0.616. The van der Waals surface area contributed by atoms with Crippen LogP contribution in [0.5, 0.6) is 5.75 Å². The molecule has 0 saturated heterocycles. The fourth-order valence-electron chi connectivity index (χ4n) is 1.63. The van der Waals surface area contributed by atoms with E-state index in [0.717, 1.165) is 4.90 Å². The van der Waals surface area contributed by atoms with Gasteiger partial charge in [-0.05, 0) is 26.0 Å². The van der Waals surface area contributed by atoms with Gasteiger partial charge in [0.2, 0.25) is 0 Å². The van der Waals surface area contributed by atoms with Crippen LogP contribution in [-0.2, 0) is 0 Å². The normalized spacial score (nSPS) is 17.6. The van der Waals surface area contributed by atoms with Crippen molar-refractivity contribution in [1.82, 2.24) is 5.32 Å². The Morgan fingerprint density at radius 1 is 1.44 bits per heavy atom. The molecule has 1 aromatic rings. The van der Waals surface area contributed by atoms with Crippen LogP contribution in [-0.4, -0.2) is 17.9 Å². The van der Waals surface area contributed by atoms with Crippen LogP contribution >= 0.6 is 23.4 Å². The molecular formula is C11H12ClNO2S. The zero-order valence-electron chi connectivity index (χ0n) is 9.26. The number of benzene rings is 1. The van der Waals surface area contributed by atoms with E-state index in [1.807, 2.05) is 13.8 Å². The molecule has 0 fully saturated rings. The van der Waals surface area contributed by atoms with Gasteiger partial charge in [-0.2, -0.15) is 0 Å². The van der Waals surface area contributed by atoms with Gasteiger partial charge in [0.15, 0.2) is 5.75 Å². The van der Waals surface area contributed by atoms with Gasteiger partial charge in [-0.15, -0.1) is 0 Å². The number of fused-ring (bicyclic) bond motifs is 1. The van der Waals surface area contributed by atoms with Gasteiger partial charge < -0.3 is 10.1 Å². The smallest absolute Gasteiger partial charge is 0.253 e. The van der Waals surface area contributed by atoms with Crippen molar-refractivity contribution in [1.29, 1.82) is 0 Å². The second-order valence-electron chi connectivity index (χ2n) is 4.02. The summed E-state index contributed by atoms with van der Waals surface area (Å²) in [6, 6.07) is 3.40. The number of halogens is 1. The molecule has 86 valence electrons. The van der Waals surface area contributed by atoms with Crippen molar-refractivity contribution in [3.8, 4) is 5.75 Å². The number of methoxy groups -OCH3 is 1. The lowest BCUT2D eigenvalue weighted by Crippen LogP contribution is -2.43. The molecule has 1 aliphatic heterocycles. The Balaban J connectivity index is 2.61. The first-order valence-corrected chi connectivity index (χ1v) is 6.02. The van der Waals surface area contributed by atoms with Crippen LogP contribution in [0.4, 0.5) is 0 Å². The number of rotatable bonds is 1. The second-order valence-corrected chi connectivity index (χ2v) is 6.06. The lowest BCUT2D eigenvalue weighted by Gasteiger charge is -2.32. The molecular weight excluding hydrogens is 246 g/mol. The molecule has 1 N–H and O–H groups in total. The average Bonchev–Trinajstić information content (AvgIpc) is 2.15. The van der Waals surface area contributed by atoms with Crippen LogP contribution in [0.3, 0.4) is 0 Å². The number of carbonyl (C=O) groups is 1. The molecule has 0 spiro atoms. The fourth-order valence-corrected chi connectivity index (χ4v) is 3.13. The van der Waals surface area contributed by atoms with E-state index >= 15 is 0 Å². The van der Waals surface area contributed by atoms with Gasteiger partial charge >= 0.3 is 0 Å². The van der Waals surface area contributed by atoms with E-state index in [1.165, 1.54) is 0 Å². The van der Waals surface area contributed by atoms with Crippen molar-refractivity contribution in [2.75, 3.05) is 7.11 Å². The summed E-state index contributed by atoms with van der Waals surface area (Å²) in [6.07, 6.45) is 0. The standard InChI is InChI=1S/C11H12ClNO2S/c1-11(2)13-10(14)6-4-5-7(12)8(15-3)9(6)16-11/h4-5H,1-3H3,(H,13,14). The molecule has 1 aromatic carbocycles. The summed E-state index contributed by atoms with van der Waals surface area (Å²) in [5, 5.41) is 3.44. The second kappa shape index (κ2) is 3.86. The predicted molar refractivity (Wildman–Crippen MR) is 65.4 cm³/mol. The zero-order valence-corrected chi connectivity index (χ0v) is 10.8. The highest BCUT2D eigenvalue weighted by Crippen LogP contribution is 2.45. The Morgan fingerprint density at radius 3 is 2.75 bits per heavy atom. The maximum Gasteiger partial charge on any atom is 0.253 e. The van der Waals surface area contributed by atoms with Crippen LogP contribution in [0.1, 0.15) is 24.2 Å². The number of ether oxygens (including phenoxy) is 1. The maximum absolute atomic E-state index is 11.9. The molecule has 5 heteroatoms. The van der Waals surface area contributed by atoms with E-state index in [0.29, 0.717) is 16.3 Å². The van der Waals surface area contributed by atoms with Crippen molar-refractivity contribution in [3.63, 3.8) is 0 Å². The third-order valence-electron chi connectivity index (χ3n) is 2.28. The van der Waals surface area contributed by atoms with Gasteiger partial charge in [0.1, 0.15) is 0 Å². The molecule has 0 bridgehead atoms. The minimum absolute atomic E-state index is 0.0892. The molecule has 0 atom stereocenters. The molecule has 1 amide bonds. The molecule has 0 aliphatic carbocycles. The topological polar surface area (TPSA) is 38.3 Å². The minimum Gasteiger partial charge on any atom is -0.494 e. The monoisotopic (exact) mass is 257 g/mol. The average molecular weight is 258 g/mol. The fraction of sp³-hybridized carbons (Fsp3) is 0.364. The van der Waals surface area contributed by atoms with E-state index in [-0.39, 0.29) is 10.8 Å². The van der Waals surface area contributed by atoms with Gasteiger partial charge in [0.25, 0.3) is 5.91 Å². The van der Waals surface area contributed by atoms with Gasteiger partial charge in [0.05, 0.1) is 27.5 Å². The number of nitrogens with one attached hydrogen (secondary N) is 1. The van der Waals surface area contributed by atoms with E-state index in [1.54, 1.807) is 31.0 Å². The van der Waals surface area contributed by atoms with Crippen molar-refractivity contribution < 1.29 is 9.53 Å². The van der Waals surface area contributed by atoms with E-state index in [2.05, 4.69) is 5.32 Å². The molecule has 0 aromatic heterocycles.